The van der Waals surface area contributed by atoms with Crippen molar-refractivity contribution in [2.45, 2.75) is 6.92 Å². The molecule has 0 aliphatic heterocycles. The number of rotatable bonds is 8. The SMILES string of the molecule is Cc1ccc(-c2nc(NP(=O)(/C=C(\Cl)c3ccccc3)/C=C(/Cl)c3ccccc3)sc2-c2ccccc2)cc1. The molecule has 1 aromatic heterocycles. The largest absolute Gasteiger partial charge is 0.306 e. The van der Waals surface area contributed by atoms with Crippen molar-refractivity contribution in [3.63, 3.8) is 0 Å². The summed E-state index contributed by atoms with van der Waals surface area (Å²) in [5, 5.41) is 4.44. The minimum absolute atomic E-state index is 0.360. The van der Waals surface area contributed by atoms with Gasteiger partial charge in [0.2, 0.25) is 7.29 Å². The topological polar surface area (TPSA) is 42.0 Å². The van der Waals surface area contributed by atoms with Gasteiger partial charge in [-0.15, -0.1) is 0 Å². The second-order valence-electron chi connectivity index (χ2n) is 8.94. The summed E-state index contributed by atoms with van der Waals surface area (Å²) in [6.07, 6.45) is 0. The minimum atomic E-state index is -3.47. The van der Waals surface area contributed by atoms with E-state index in [0.29, 0.717) is 15.2 Å². The quantitative estimate of drug-likeness (QED) is 0.184. The molecular weight excluding hydrogens is 562 g/mol. The minimum Gasteiger partial charge on any atom is -0.306 e. The van der Waals surface area contributed by atoms with Crippen LogP contribution in [0.4, 0.5) is 5.13 Å². The lowest BCUT2D eigenvalue weighted by Crippen LogP contribution is -1.94. The van der Waals surface area contributed by atoms with Crippen LogP contribution in [-0.2, 0) is 4.57 Å². The maximum absolute atomic E-state index is 14.5. The van der Waals surface area contributed by atoms with Gasteiger partial charge in [-0.25, -0.2) is 4.98 Å². The molecule has 5 aromatic rings. The van der Waals surface area contributed by atoms with E-state index >= 15 is 0 Å². The van der Waals surface area contributed by atoms with E-state index in [2.05, 4.69) is 36.3 Å². The van der Waals surface area contributed by atoms with E-state index in [1.807, 2.05) is 91.0 Å². The second kappa shape index (κ2) is 12.2. The average molecular weight is 588 g/mol. The Morgan fingerprint density at radius 1 is 0.718 bits per heavy atom. The summed E-state index contributed by atoms with van der Waals surface area (Å²) in [7, 11) is -3.47. The van der Waals surface area contributed by atoms with Crippen LogP contribution in [0.3, 0.4) is 0 Å². The van der Waals surface area contributed by atoms with Gasteiger partial charge >= 0.3 is 0 Å². The number of aromatic nitrogens is 1. The Morgan fingerprint density at radius 3 is 1.72 bits per heavy atom. The molecule has 7 heteroatoms. The van der Waals surface area contributed by atoms with Crippen molar-refractivity contribution in [3.8, 4) is 21.7 Å². The number of halogens is 2. The summed E-state index contributed by atoms with van der Waals surface area (Å²) in [6.45, 7) is 2.05. The van der Waals surface area contributed by atoms with Crippen molar-refractivity contribution >= 4 is 57.0 Å². The highest BCUT2D eigenvalue weighted by atomic mass is 35.5. The van der Waals surface area contributed by atoms with Crippen LogP contribution in [0.25, 0.3) is 31.8 Å². The molecule has 194 valence electrons. The maximum Gasteiger partial charge on any atom is 0.217 e. The summed E-state index contributed by atoms with van der Waals surface area (Å²) in [4.78, 5) is 5.90. The molecule has 1 atom stereocenters. The van der Waals surface area contributed by atoms with Gasteiger partial charge in [0.15, 0.2) is 5.13 Å². The fraction of sp³-hybridized carbons (Fsp3) is 0.0312. The first-order valence-electron chi connectivity index (χ1n) is 12.3. The number of hydrogen-bond donors (Lipinski definition) is 1. The van der Waals surface area contributed by atoms with E-state index in [1.54, 1.807) is 11.6 Å². The van der Waals surface area contributed by atoms with Gasteiger partial charge in [-0.2, -0.15) is 0 Å². The molecular formula is C32H25Cl2N2OPS. The number of nitrogens with zero attached hydrogens (tertiary/aromatic N) is 1. The van der Waals surface area contributed by atoms with E-state index in [9.17, 15) is 4.57 Å². The molecule has 0 spiro atoms. The molecule has 0 fully saturated rings. The summed E-state index contributed by atoms with van der Waals surface area (Å²) < 4.78 is 14.5. The smallest absolute Gasteiger partial charge is 0.217 e. The van der Waals surface area contributed by atoms with Gasteiger partial charge in [0.1, 0.15) is 0 Å². The Kier molecular flexibility index (Phi) is 8.50. The predicted molar refractivity (Wildman–Crippen MR) is 169 cm³/mol. The number of anilines is 1. The summed E-state index contributed by atoms with van der Waals surface area (Å²) in [6, 6.07) is 37.2. The maximum atomic E-state index is 14.5. The Bertz CT molecular complexity index is 1610. The number of hydrogen-bond acceptors (Lipinski definition) is 3. The number of nitrogens with one attached hydrogen (secondary N) is 1. The van der Waals surface area contributed by atoms with Gasteiger partial charge in [-0.3, -0.25) is 4.57 Å². The van der Waals surface area contributed by atoms with E-state index in [0.717, 1.165) is 32.8 Å². The Balaban J connectivity index is 1.61. The number of thiazole rings is 1. The number of aryl methyl sites for hydroxylation is 1. The van der Waals surface area contributed by atoms with Crippen molar-refractivity contribution in [1.82, 2.24) is 4.98 Å². The van der Waals surface area contributed by atoms with Crippen molar-refractivity contribution in [1.29, 1.82) is 0 Å². The molecule has 5 rings (SSSR count). The van der Waals surface area contributed by atoms with Gasteiger partial charge in [0.25, 0.3) is 0 Å². The van der Waals surface area contributed by atoms with Crippen LogP contribution >= 0.6 is 41.8 Å². The molecule has 4 aromatic carbocycles. The summed E-state index contributed by atoms with van der Waals surface area (Å²) >= 11 is 14.8. The Morgan fingerprint density at radius 2 is 1.21 bits per heavy atom. The Labute approximate surface area is 242 Å². The average Bonchev–Trinajstić information content (AvgIpc) is 3.38. The number of benzene rings is 4. The van der Waals surface area contributed by atoms with E-state index in [4.69, 9.17) is 28.2 Å². The third kappa shape index (κ3) is 6.79. The molecule has 0 amide bonds. The first-order valence-corrected chi connectivity index (χ1v) is 15.7. The van der Waals surface area contributed by atoms with Gasteiger partial charge in [0.05, 0.1) is 20.6 Å². The zero-order valence-corrected chi connectivity index (χ0v) is 24.3. The van der Waals surface area contributed by atoms with Crippen molar-refractivity contribution < 1.29 is 4.57 Å². The third-order valence-corrected chi connectivity index (χ3v) is 9.94. The van der Waals surface area contributed by atoms with Crippen LogP contribution in [-0.4, -0.2) is 4.98 Å². The van der Waals surface area contributed by atoms with E-state index < -0.39 is 7.29 Å². The highest BCUT2D eigenvalue weighted by Gasteiger charge is 2.23. The normalized spacial score (nSPS) is 13.6. The van der Waals surface area contributed by atoms with Gasteiger partial charge in [0, 0.05) is 17.2 Å². The Hall–Kier alpha value is -3.40. The molecule has 1 heterocycles. The van der Waals surface area contributed by atoms with E-state index in [-0.39, 0.29) is 0 Å². The van der Waals surface area contributed by atoms with E-state index in [1.165, 1.54) is 16.9 Å². The van der Waals surface area contributed by atoms with Crippen LogP contribution in [0.1, 0.15) is 16.7 Å². The molecule has 0 radical (unpaired) electrons. The summed E-state index contributed by atoms with van der Waals surface area (Å²) in [5.74, 6) is 3.09. The zero-order chi connectivity index (χ0) is 27.2. The molecule has 3 nitrogen and oxygen atoms in total. The molecule has 1 unspecified atom stereocenters. The lowest BCUT2D eigenvalue weighted by Gasteiger charge is -2.14. The van der Waals surface area contributed by atoms with Gasteiger partial charge < -0.3 is 5.09 Å². The van der Waals surface area contributed by atoms with Crippen LogP contribution in [0.5, 0.6) is 0 Å². The highest BCUT2D eigenvalue weighted by Crippen LogP contribution is 2.55. The molecule has 0 aliphatic rings. The molecule has 0 saturated heterocycles. The fourth-order valence-corrected chi connectivity index (χ4v) is 8.09. The van der Waals surface area contributed by atoms with Crippen LogP contribution in [0.15, 0.2) is 127 Å². The molecule has 1 N–H and O–H groups in total. The van der Waals surface area contributed by atoms with Gasteiger partial charge in [-0.05, 0) is 23.6 Å². The monoisotopic (exact) mass is 586 g/mol. The van der Waals surface area contributed by atoms with Crippen molar-refractivity contribution in [2.24, 2.45) is 0 Å². The fourth-order valence-electron chi connectivity index (χ4n) is 3.99. The van der Waals surface area contributed by atoms with Crippen molar-refractivity contribution in [3.05, 3.63) is 144 Å². The lowest BCUT2D eigenvalue weighted by molar-refractivity contribution is 0.589. The van der Waals surface area contributed by atoms with Gasteiger partial charge in [-0.1, -0.05) is 155 Å². The highest BCUT2D eigenvalue weighted by molar-refractivity contribution is 7.72. The summed E-state index contributed by atoms with van der Waals surface area (Å²) in [5.41, 5.74) is 5.51. The first kappa shape index (κ1) is 27.2. The third-order valence-electron chi connectivity index (χ3n) is 5.97. The molecule has 39 heavy (non-hydrogen) atoms. The molecule has 0 saturated carbocycles. The standard InChI is InChI=1S/C32H25Cl2N2OPS/c1-23-17-19-26(20-18-23)30-31(27-15-9-4-10-16-27)39-32(35-30)36-38(37,21-28(33)24-11-5-2-6-12-24)22-29(34)25-13-7-3-8-14-25/h2-22H,1H3,(H,35,36,37)/b28-21-,29-22+. The van der Waals surface area contributed by atoms with Crippen molar-refractivity contribution in [2.75, 3.05) is 5.09 Å². The predicted octanol–water partition coefficient (Wildman–Crippen LogP) is 11.0. The van der Waals surface area contributed by atoms with Crippen LogP contribution in [0.2, 0.25) is 0 Å². The van der Waals surface area contributed by atoms with Crippen LogP contribution < -0.4 is 5.09 Å². The second-order valence-corrected chi connectivity index (χ2v) is 12.9. The molecule has 0 bridgehead atoms. The molecule has 0 aliphatic carbocycles. The first-order chi connectivity index (χ1) is 18.9. The zero-order valence-electron chi connectivity index (χ0n) is 21.1. The lowest BCUT2D eigenvalue weighted by atomic mass is 10.1. The van der Waals surface area contributed by atoms with Crippen LogP contribution in [0, 0.1) is 6.92 Å².